The van der Waals surface area contributed by atoms with Crippen molar-refractivity contribution in [2.24, 2.45) is 0 Å². The number of rotatable bonds is 5. The molecule has 0 aliphatic carbocycles. The van der Waals surface area contributed by atoms with E-state index in [9.17, 15) is 9.18 Å². The second kappa shape index (κ2) is 9.62. The molecule has 1 aliphatic rings. The van der Waals surface area contributed by atoms with Crippen molar-refractivity contribution in [3.8, 4) is 0 Å². The van der Waals surface area contributed by atoms with Gasteiger partial charge in [-0.1, -0.05) is 12.1 Å². The molecular weight excluding hydrogens is 355 g/mol. The van der Waals surface area contributed by atoms with Gasteiger partial charge in [-0.3, -0.25) is 14.7 Å². The lowest BCUT2D eigenvalue weighted by Gasteiger charge is -2.36. The topological polar surface area (TPSA) is 57.3 Å². The summed E-state index contributed by atoms with van der Waals surface area (Å²) < 4.78 is 13.6. The zero-order chi connectivity index (χ0) is 17.6. The first-order valence-electron chi connectivity index (χ1n) is 8.55. The van der Waals surface area contributed by atoms with Crippen LogP contribution in [0.1, 0.15) is 23.6 Å². The van der Waals surface area contributed by atoms with Crippen LogP contribution in [0.25, 0.3) is 0 Å². The van der Waals surface area contributed by atoms with Crippen LogP contribution in [-0.2, 0) is 4.79 Å². The van der Waals surface area contributed by atoms with Gasteiger partial charge in [-0.25, -0.2) is 4.39 Å². The average molecular weight is 379 g/mol. The van der Waals surface area contributed by atoms with Crippen LogP contribution in [0.15, 0.2) is 42.7 Å². The summed E-state index contributed by atoms with van der Waals surface area (Å²) in [5, 5.41) is 6.20. The van der Waals surface area contributed by atoms with Gasteiger partial charge in [0.2, 0.25) is 5.91 Å². The molecule has 1 atom stereocenters. The monoisotopic (exact) mass is 378 g/mol. The molecule has 0 saturated carbocycles. The standard InChI is InChI=1S/C19H23FN4O.ClH/c1-14-16(20)5-2-6-17(14)23-19(25)7-10-24-11-9-22-13-18(24)15-4-3-8-21-12-15;/h2-6,8,12,18,22H,7,9-11,13H2,1H3,(H,23,25);1H. The van der Waals surface area contributed by atoms with Gasteiger partial charge in [0.15, 0.2) is 0 Å². The van der Waals surface area contributed by atoms with Crippen LogP contribution in [0.2, 0.25) is 0 Å². The van der Waals surface area contributed by atoms with Crippen LogP contribution >= 0.6 is 12.4 Å². The number of nitrogens with zero attached hydrogens (tertiary/aromatic N) is 2. The van der Waals surface area contributed by atoms with Gasteiger partial charge in [-0.05, 0) is 30.7 Å². The van der Waals surface area contributed by atoms with Crippen molar-refractivity contribution >= 4 is 24.0 Å². The van der Waals surface area contributed by atoms with E-state index in [0.717, 1.165) is 25.2 Å². The Morgan fingerprint density at radius 1 is 1.38 bits per heavy atom. The molecule has 7 heteroatoms. The summed E-state index contributed by atoms with van der Waals surface area (Å²) in [5.41, 5.74) is 2.15. The molecule has 1 fully saturated rings. The normalized spacial score (nSPS) is 17.4. The predicted octanol–water partition coefficient (Wildman–Crippen LogP) is 2.93. The lowest BCUT2D eigenvalue weighted by atomic mass is 10.1. The summed E-state index contributed by atoms with van der Waals surface area (Å²) >= 11 is 0. The summed E-state index contributed by atoms with van der Waals surface area (Å²) in [4.78, 5) is 18.8. The lowest BCUT2D eigenvalue weighted by Crippen LogP contribution is -2.46. The number of anilines is 1. The fourth-order valence-corrected chi connectivity index (χ4v) is 3.12. The quantitative estimate of drug-likeness (QED) is 0.840. The Morgan fingerprint density at radius 3 is 3.00 bits per heavy atom. The molecule has 1 aromatic heterocycles. The van der Waals surface area contributed by atoms with E-state index in [2.05, 4.69) is 26.6 Å². The molecule has 2 N–H and O–H groups in total. The van der Waals surface area contributed by atoms with Crippen molar-refractivity contribution in [1.29, 1.82) is 0 Å². The molecule has 1 aliphatic heterocycles. The SMILES string of the molecule is Cc1c(F)cccc1NC(=O)CCN1CCNCC1c1cccnc1.Cl. The van der Waals surface area contributed by atoms with Gasteiger partial charge >= 0.3 is 0 Å². The molecule has 2 aromatic rings. The molecule has 1 saturated heterocycles. The maximum absolute atomic E-state index is 13.6. The van der Waals surface area contributed by atoms with E-state index in [1.807, 2.05) is 12.3 Å². The van der Waals surface area contributed by atoms with Crippen molar-refractivity contribution in [2.75, 3.05) is 31.5 Å². The zero-order valence-electron chi connectivity index (χ0n) is 14.7. The first-order valence-corrected chi connectivity index (χ1v) is 8.55. The second-order valence-electron chi connectivity index (χ2n) is 6.25. The minimum atomic E-state index is -0.309. The summed E-state index contributed by atoms with van der Waals surface area (Å²) in [7, 11) is 0. The number of pyridine rings is 1. The van der Waals surface area contributed by atoms with Crippen molar-refractivity contribution in [1.82, 2.24) is 15.2 Å². The number of hydrogen-bond acceptors (Lipinski definition) is 4. The Hall–Kier alpha value is -2.02. The van der Waals surface area contributed by atoms with Gasteiger partial charge in [0, 0.05) is 62.3 Å². The maximum Gasteiger partial charge on any atom is 0.225 e. The van der Waals surface area contributed by atoms with Gasteiger partial charge in [0.1, 0.15) is 5.82 Å². The molecule has 26 heavy (non-hydrogen) atoms. The third-order valence-corrected chi connectivity index (χ3v) is 4.59. The van der Waals surface area contributed by atoms with E-state index in [-0.39, 0.29) is 30.2 Å². The van der Waals surface area contributed by atoms with Crippen molar-refractivity contribution < 1.29 is 9.18 Å². The summed E-state index contributed by atoms with van der Waals surface area (Å²) in [6.45, 7) is 4.95. The Balaban J connectivity index is 0.00000243. The van der Waals surface area contributed by atoms with E-state index in [1.54, 1.807) is 25.3 Å². The second-order valence-corrected chi connectivity index (χ2v) is 6.25. The average Bonchev–Trinajstić information content (AvgIpc) is 2.65. The predicted molar refractivity (Wildman–Crippen MR) is 103 cm³/mol. The largest absolute Gasteiger partial charge is 0.326 e. The molecule has 5 nitrogen and oxygen atoms in total. The fraction of sp³-hybridized carbons (Fsp3) is 0.368. The minimum absolute atomic E-state index is 0. The van der Waals surface area contributed by atoms with Crippen molar-refractivity contribution in [3.63, 3.8) is 0 Å². The van der Waals surface area contributed by atoms with Crippen molar-refractivity contribution in [2.45, 2.75) is 19.4 Å². The third kappa shape index (κ3) is 5.00. The Kier molecular flexibility index (Phi) is 7.50. The molecule has 140 valence electrons. The van der Waals surface area contributed by atoms with Gasteiger partial charge < -0.3 is 10.6 Å². The van der Waals surface area contributed by atoms with Crippen LogP contribution in [-0.4, -0.2) is 42.0 Å². The van der Waals surface area contributed by atoms with Crippen LogP contribution in [0.4, 0.5) is 10.1 Å². The highest BCUT2D eigenvalue weighted by atomic mass is 35.5. The summed E-state index contributed by atoms with van der Waals surface area (Å²) in [6, 6.07) is 8.93. The van der Waals surface area contributed by atoms with Gasteiger partial charge in [0.05, 0.1) is 0 Å². The van der Waals surface area contributed by atoms with Crippen molar-refractivity contribution in [3.05, 3.63) is 59.7 Å². The number of halogens is 2. The first-order chi connectivity index (χ1) is 12.1. The fourth-order valence-electron chi connectivity index (χ4n) is 3.12. The van der Waals surface area contributed by atoms with E-state index >= 15 is 0 Å². The van der Waals surface area contributed by atoms with Gasteiger partial charge in [-0.15, -0.1) is 12.4 Å². The minimum Gasteiger partial charge on any atom is -0.326 e. The molecule has 0 radical (unpaired) electrons. The Labute approximate surface area is 159 Å². The van der Waals surface area contributed by atoms with E-state index in [1.165, 1.54) is 6.07 Å². The lowest BCUT2D eigenvalue weighted by molar-refractivity contribution is -0.116. The highest BCUT2D eigenvalue weighted by molar-refractivity contribution is 5.91. The Bertz CT molecular complexity index is 729. The number of carbonyl (C=O) groups excluding carboxylic acids is 1. The first kappa shape index (κ1) is 20.3. The molecular formula is C19H24ClFN4O. The highest BCUT2D eigenvalue weighted by Gasteiger charge is 2.24. The number of carbonyl (C=O) groups is 1. The molecule has 2 heterocycles. The molecule has 1 amide bonds. The number of benzene rings is 1. The number of nitrogens with one attached hydrogen (secondary N) is 2. The molecule has 3 rings (SSSR count). The van der Waals surface area contributed by atoms with Crippen LogP contribution < -0.4 is 10.6 Å². The van der Waals surface area contributed by atoms with Crippen LogP contribution in [0.3, 0.4) is 0 Å². The number of piperazine rings is 1. The highest BCUT2D eigenvalue weighted by Crippen LogP contribution is 2.22. The van der Waals surface area contributed by atoms with Crippen LogP contribution in [0, 0.1) is 12.7 Å². The number of aromatic nitrogens is 1. The third-order valence-electron chi connectivity index (χ3n) is 4.59. The zero-order valence-corrected chi connectivity index (χ0v) is 15.6. The molecule has 1 unspecified atom stereocenters. The molecule has 0 bridgehead atoms. The molecule has 0 spiro atoms. The maximum atomic E-state index is 13.6. The smallest absolute Gasteiger partial charge is 0.225 e. The molecule has 1 aromatic carbocycles. The van der Waals surface area contributed by atoms with Gasteiger partial charge in [0.25, 0.3) is 0 Å². The summed E-state index contributed by atoms with van der Waals surface area (Å²) in [6.07, 6.45) is 4.01. The van der Waals surface area contributed by atoms with E-state index < -0.39 is 0 Å². The number of hydrogen-bond donors (Lipinski definition) is 2. The van der Waals surface area contributed by atoms with E-state index in [4.69, 9.17) is 0 Å². The van der Waals surface area contributed by atoms with E-state index in [0.29, 0.717) is 24.2 Å². The van der Waals surface area contributed by atoms with Gasteiger partial charge in [-0.2, -0.15) is 0 Å². The number of amides is 1. The summed E-state index contributed by atoms with van der Waals surface area (Å²) in [5.74, 6) is -0.409. The Morgan fingerprint density at radius 2 is 2.23 bits per heavy atom. The van der Waals surface area contributed by atoms with Crippen LogP contribution in [0.5, 0.6) is 0 Å².